The van der Waals surface area contributed by atoms with Crippen LogP contribution in [-0.4, -0.2) is 33.6 Å². The summed E-state index contributed by atoms with van der Waals surface area (Å²) < 4.78 is 46.2. The highest BCUT2D eigenvalue weighted by Gasteiger charge is 2.34. The number of ether oxygens (including phenoxy) is 1. The lowest BCUT2D eigenvalue weighted by molar-refractivity contribution is -0.137. The van der Waals surface area contributed by atoms with Gasteiger partial charge in [-0.3, -0.25) is 4.98 Å². The molecule has 0 radical (unpaired) electrons. The molecule has 0 aliphatic heterocycles. The van der Waals surface area contributed by atoms with Gasteiger partial charge in [0, 0.05) is 18.9 Å². The Labute approximate surface area is 206 Å². The van der Waals surface area contributed by atoms with Gasteiger partial charge in [0.15, 0.2) is 5.65 Å². The molecule has 0 aliphatic rings. The number of nitriles is 1. The molecule has 3 heterocycles. The minimum Gasteiger partial charge on any atom is -0.464 e. The van der Waals surface area contributed by atoms with Crippen LogP contribution in [0.25, 0.3) is 22.4 Å². The molecule has 1 aromatic carbocycles. The normalized spacial score (nSPS) is 11.8. The maximum atomic E-state index is 13.6. The fourth-order valence-corrected chi connectivity index (χ4v) is 3.68. The number of alkyl halides is 3. The van der Waals surface area contributed by atoms with Crippen LogP contribution in [0.1, 0.15) is 31.9 Å². The molecular weight excluding hydrogens is 469 g/mol. The van der Waals surface area contributed by atoms with Gasteiger partial charge in [0.1, 0.15) is 11.5 Å². The summed E-state index contributed by atoms with van der Waals surface area (Å²) in [6.45, 7) is 5.75. The molecule has 7 nitrogen and oxygen atoms in total. The first-order chi connectivity index (χ1) is 17.0. The van der Waals surface area contributed by atoms with Crippen LogP contribution >= 0.6 is 0 Å². The van der Waals surface area contributed by atoms with E-state index in [0.29, 0.717) is 17.8 Å². The van der Waals surface area contributed by atoms with Crippen molar-refractivity contribution in [2.75, 3.05) is 18.6 Å². The van der Waals surface area contributed by atoms with Crippen molar-refractivity contribution in [3.8, 4) is 23.5 Å². The minimum absolute atomic E-state index is 0.0354. The lowest BCUT2D eigenvalue weighted by Crippen LogP contribution is -2.16. The van der Waals surface area contributed by atoms with Crippen LogP contribution in [0, 0.1) is 11.3 Å². The Bertz CT molecular complexity index is 1450. The number of nitrogens with zero attached hydrogens (tertiary/aromatic N) is 6. The van der Waals surface area contributed by atoms with Gasteiger partial charge in [0.25, 0.3) is 0 Å². The Balaban J connectivity index is 1.83. The lowest BCUT2D eigenvalue weighted by atomic mass is 9.86. The average molecular weight is 493 g/mol. The molecular formula is C26H23F3N6O. The predicted octanol–water partition coefficient (Wildman–Crippen LogP) is 6.07. The largest absolute Gasteiger partial charge is 0.464 e. The van der Waals surface area contributed by atoms with E-state index in [2.05, 4.69) is 26.0 Å². The second-order valence-electron chi connectivity index (χ2n) is 8.57. The molecule has 184 valence electrons. The van der Waals surface area contributed by atoms with Crippen molar-refractivity contribution in [3.05, 3.63) is 65.9 Å². The van der Waals surface area contributed by atoms with Gasteiger partial charge in [0.2, 0.25) is 0 Å². The second kappa shape index (κ2) is 9.41. The third-order valence-electron chi connectivity index (χ3n) is 5.72. The van der Waals surface area contributed by atoms with Gasteiger partial charge in [-0.15, -0.1) is 0 Å². The first kappa shape index (κ1) is 24.9. The van der Waals surface area contributed by atoms with Crippen molar-refractivity contribution < 1.29 is 17.9 Å². The molecule has 4 rings (SSSR count). The van der Waals surface area contributed by atoms with E-state index in [1.54, 1.807) is 24.9 Å². The monoisotopic (exact) mass is 492 g/mol. The predicted molar refractivity (Wildman–Crippen MR) is 130 cm³/mol. The molecule has 0 atom stereocenters. The maximum absolute atomic E-state index is 13.6. The SMILES string of the molecule is CCOc1nc(N(C)c2ccc(C(C)(C)C#N)cc2)c2ccc(-c3ncccc3C(F)(F)F)nc2n1. The fraction of sp³-hybridized carbons (Fsp3) is 0.269. The molecule has 0 unspecified atom stereocenters. The number of aromatic nitrogens is 4. The number of rotatable bonds is 6. The number of halogens is 3. The van der Waals surface area contributed by atoms with Crippen LogP contribution in [0.5, 0.6) is 6.01 Å². The highest BCUT2D eigenvalue weighted by atomic mass is 19.4. The van der Waals surface area contributed by atoms with Gasteiger partial charge in [-0.25, -0.2) is 4.98 Å². The van der Waals surface area contributed by atoms with E-state index in [-0.39, 0.29) is 23.0 Å². The summed E-state index contributed by atoms with van der Waals surface area (Å²) in [5.74, 6) is 0.465. The lowest BCUT2D eigenvalue weighted by Gasteiger charge is -2.22. The summed E-state index contributed by atoms with van der Waals surface area (Å²) in [5.41, 5.74) is 0.0572. The van der Waals surface area contributed by atoms with E-state index in [4.69, 9.17) is 4.74 Å². The topological polar surface area (TPSA) is 87.8 Å². The van der Waals surface area contributed by atoms with Crippen molar-refractivity contribution in [1.29, 1.82) is 5.26 Å². The van der Waals surface area contributed by atoms with Crippen LogP contribution in [0.4, 0.5) is 24.7 Å². The van der Waals surface area contributed by atoms with Crippen molar-refractivity contribution in [2.45, 2.75) is 32.4 Å². The Kier molecular flexibility index (Phi) is 6.50. The number of hydrogen-bond donors (Lipinski definition) is 0. The van der Waals surface area contributed by atoms with E-state index in [1.165, 1.54) is 18.3 Å². The van der Waals surface area contributed by atoms with Crippen molar-refractivity contribution in [2.24, 2.45) is 0 Å². The molecule has 0 amide bonds. The van der Waals surface area contributed by atoms with E-state index in [9.17, 15) is 18.4 Å². The quantitative estimate of drug-likeness (QED) is 0.323. The summed E-state index contributed by atoms with van der Waals surface area (Å²) in [4.78, 5) is 19.0. The third kappa shape index (κ3) is 4.77. The van der Waals surface area contributed by atoms with Crippen LogP contribution in [0.3, 0.4) is 0 Å². The van der Waals surface area contributed by atoms with Crippen LogP contribution in [0.15, 0.2) is 54.7 Å². The summed E-state index contributed by atoms with van der Waals surface area (Å²) >= 11 is 0. The molecule has 0 saturated carbocycles. The average Bonchev–Trinajstić information content (AvgIpc) is 2.87. The molecule has 36 heavy (non-hydrogen) atoms. The van der Waals surface area contributed by atoms with E-state index >= 15 is 0 Å². The van der Waals surface area contributed by atoms with Gasteiger partial charge in [-0.1, -0.05) is 12.1 Å². The Morgan fingerprint density at radius 1 is 1.00 bits per heavy atom. The fourth-order valence-electron chi connectivity index (χ4n) is 3.68. The number of fused-ring (bicyclic) bond motifs is 1. The van der Waals surface area contributed by atoms with Gasteiger partial charge >= 0.3 is 12.2 Å². The number of pyridine rings is 2. The molecule has 0 fully saturated rings. The van der Waals surface area contributed by atoms with Gasteiger partial charge < -0.3 is 9.64 Å². The zero-order chi connectivity index (χ0) is 26.1. The first-order valence-electron chi connectivity index (χ1n) is 11.1. The van der Waals surface area contributed by atoms with Gasteiger partial charge in [0.05, 0.1) is 34.7 Å². The van der Waals surface area contributed by atoms with Crippen LogP contribution < -0.4 is 9.64 Å². The summed E-state index contributed by atoms with van der Waals surface area (Å²) in [6.07, 6.45) is -3.29. The molecule has 4 aromatic rings. The minimum atomic E-state index is -4.58. The van der Waals surface area contributed by atoms with E-state index in [1.807, 2.05) is 38.1 Å². The number of anilines is 2. The summed E-state index contributed by atoms with van der Waals surface area (Å²) in [5, 5.41) is 9.93. The zero-order valence-electron chi connectivity index (χ0n) is 20.1. The van der Waals surface area contributed by atoms with Crippen molar-refractivity contribution in [1.82, 2.24) is 19.9 Å². The van der Waals surface area contributed by atoms with Gasteiger partial charge in [-0.05, 0) is 62.7 Å². The number of hydrogen-bond acceptors (Lipinski definition) is 7. The first-order valence-corrected chi connectivity index (χ1v) is 11.1. The summed E-state index contributed by atoms with van der Waals surface area (Å²) in [7, 11) is 1.80. The Hall–Kier alpha value is -4.26. The summed E-state index contributed by atoms with van der Waals surface area (Å²) in [6, 6.07) is 15.1. The second-order valence-corrected chi connectivity index (χ2v) is 8.57. The zero-order valence-corrected chi connectivity index (χ0v) is 20.1. The smallest absolute Gasteiger partial charge is 0.418 e. The van der Waals surface area contributed by atoms with E-state index in [0.717, 1.165) is 17.3 Å². The molecule has 0 saturated heterocycles. The number of benzene rings is 1. The Morgan fingerprint density at radius 2 is 1.72 bits per heavy atom. The highest BCUT2D eigenvalue weighted by Crippen LogP contribution is 2.37. The molecule has 0 bridgehead atoms. The van der Waals surface area contributed by atoms with Crippen molar-refractivity contribution in [3.63, 3.8) is 0 Å². The molecule has 10 heteroatoms. The van der Waals surface area contributed by atoms with Crippen molar-refractivity contribution >= 4 is 22.5 Å². The molecule has 0 spiro atoms. The van der Waals surface area contributed by atoms with Crippen LogP contribution in [-0.2, 0) is 11.6 Å². The molecule has 3 aromatic heterocycles. The van der Waals surface area contributed by atoms with Crippen LogP contribution in [0.2, 0.25) is 0 Å². The van der Waals surface area contributed by atoms with Gasteiger partial charge in [-0.2, -0.15) is 28.4 Å². The maximum Gasteiger partial charge on any atom is 0.418 e. The van der Waals surface area contributed by atoms with E-state index < -0.39 is 17.2 Å². The molecule has 0 aliphatic carbocycles. The standard InChI is InChI=1S/C26H23F3N6O/c1-5-36-24-33-22-18(12-13-20(32-22)21-19(26(27,28)29)7-6-14-31-21)23(34-24)35(4)17-10-8-16(9-11-17)25(2,3)15-30/h6-14H,5H2,1-4H3. The highest BCUT2D eigenvalue weighted by molar-refractivity contribution is 5.91. The third-order valence-corrected chi connectivity index (χ3v) is 5.72. The Morgan fingerprint density at radius 3 is 2.36 bits per heavy atom. The molecule has 0 N–H and O–H groups in total.